The molecule has 0 fully saturated rings. The third kappa shape index (κ3) is 6.48. The number of alkyl halides is 3. The SMILES string of the molecule is CC(SCC(=O)Nc1ccccc1)C(=O)Nc1cc(C(F)(F)F)ccc1Cl. The van der Waals surface area contributed by atoms with Crippen molar-refractivity contribution in [2.45, 2.75) is 18.3 Å². The monoisotopic (exact) mass is 416 g/mol. The first-order chi connectivity index (χ1) is 12.7. The van der Waals surface area contributed by atoms with Crippen molar-refractivity contribution in [3.8, 4) is 0 Å². The lowest BCUT2D eigenvalue weighted by atomic mass is 10.2. The maximum atomic E-state index is 12.8. The molecule has 0 aliphatic heterocycles. The van der Waals surface area contributed by atoms with Gasteiger partial charge in [0.05, 0.1) is 27.3 Å². The summed E-state index contributed by atoms with van der Waals surface area (Å²) in [4.78, 5) is 24.1. The van der Waals surface area contributed by atoms with Crippen LogP contribution in [0.4, 0.5) is 24.5 Å². The summed E-state index contributed by atoms with van der Waals surface area (Å²) < 4.78 is 38.3. The Balaban J connectivity index is 1.91. The summed E-state index contributed by atoms with van der Waals surface area (Å²) in [5.74, 6) is -0.823. The number of nitrogens with one attached hydrogen (secondary N) is 2. The molecule has 2 aromatic rings. The van der Waals surface area contributed by atoms with Crippen molar-refractivity contribution in [1.29, 1.82) is 0 Å². The van der Waals surface area contributed by atoms with E-state index in [2.05, 4.69) is 10.6 Å². The molecule has 144 valence electrons. The Hall–Kier alpha value is -2.19. The van der Waals surface area contributed by atoms with Crippen LogP contribution in [0.3, 0.4) is 0 Å². The molecule has 0 radical (unpaired) electrons. The van der Waals surface area contributed by atoms with Crippen LogP contribution in [-0.2, 0) is 15.8 Å². The highest BCUT2D eigenvalue weighted by Crippen LogP contribution is 2.34. The van der Waals surface area contributed by atoms with E-state index < -0.39 is 22.9 Å². The lowest BCUT2D eigenvalue weighted by Crippen LogP contribution is -2.25. The molecule has 0 saturated heterocycles. The molecule has 0 bridgehead atoms. The van der Waals surface area contributed by atoms with Gasteiger partial charge in [0.15, 0.2) is 0 Å². The van der Waals surface area contributed by atoms with Crippen molar-refractivity contribution >= 4 is 46.6 Å². The second-order valence-electron chi connectivity index (χ2n) is 5.55. The summed E-state index contributed by atoms with van der Waals surface area (Å²) in [6.45, 7) is 1.55. The van der Waals surface area contributed by atoms with Crippen LogP contribution in [0, 0.1) is 0 Å². The van der Waals surface area contributed by atoms with Crippen molar-refractivity contribution in [2.75, 3.05) is 16.4 Å². The van der Waals surface area contributed by atoms with Crippen LogP contribution >= 0.6 is 23.4 Å². The number of carbonyl (C=O) groups is 2. The molecule has 2 amide bonds. The maximum Gasteiger partial charge on any atom is 0.416 e. The molecule has 27 heavy (non-hydrogen) atoms. The van der Waals surface area contributed by atoms with Crippen LogP contribution in [0.15, 0.2) is 48.5 Å². The van der Waals surface area contributed by atoms with Gasteiger partial charge in [0.25, 0.3) is 0 Å². The van der Waals surface area contributed by atoms with Gasteiger partial charge in [-0.3, -0.25) is 9.59 Å². The Bertz CT molecular complexity index is 816. The van der Waals surface area contributed by atoms with E-state index in [0.29, 0.717) is 5.69 Å². The largest absolute Gasteiger partial charge is 0.416 e. The number of hydrogen-bond donors (Lipinski definition) is 2. The van der Waals surface area contributed by atoms with Gasteiger partial charge in [0, 0.05) is 5.69 Å². The number of hydrogen-bond acceptors (Lipinski definition) is 3. The van der Waals surface area contributed by atoms with Gasteiger partial charge in [0.2, 0.25) is 11.8 Å². The highest BCUT2D eigenvalue weighted by molar-refractivity contribution is 8.01. The predicted molar refractivity (Wildman–Crippen MR) is 102 cm³/mol. The Morgan fingerprint density at radius 3 is 2.41 bits per heavy atom. The minimum atomic E-state index is -4.54. The topological polar surface area (TPSA) is 58.2 Å². The zero-order valence-corrected chi connectivity index (χ0v) is 15.7. The summed E-state index contributed by atoms with van der Waals surface area (Å²) >= 11 is 6.92. The van der Waals surface area contributed by atoms with E-state index in [4.69, 9.17) is 11.6 Å². The molecule has 0 saturated carbocycles. The Morgan fingerprint density at radius 1 is 1.11 bits per heavy atom. The Kier molecular flexibility index (Phi) is 7.15. The van der Waals surface area contributed by atoms with Crippen LogP contribution in [0.2, 0.25) is 5.02 Å². The van der Waals surface area contributed by atoms with Gasteiger partial charge in [-0.1, -0.05) is 29.8 Å². The molecule has 0 aliphatic carbocycles. The molecule has 2 aromatic carbocycles. The van der Waals surface area contributed by atoms with Crippen molar-refractivity contribution < 1.29 is 22.8 Å². The molecule has 1 unspecified atom stereocenters. The second-order valence-corrected chi connectivity index (χ2v) is 7.29. The van der Waals surface area contributed by atoms with Crippen molar-refractivity contribution in [3.05, 3.63) is 59.1 Å². The van der Waals surface area contributed by atoms with E-state index >= 15 is 0 Å². The molecule has 1 atom stereocenters. The van der Waals surface area contributed by atoms with Crippen LogP contribution in [0.5, 0.6) is 0 Å². The molecular weight excluding hydrogens is 401 g/mol. The quantitative estimate of drug-likeness (QED) is 0.692. The van der Waals surface area contributed by atoms with Gasteiger partial charge in [-0.15, -0.1) is 11.8 Å². The molecule has 0 spiro atoms. The zero-order chi connectivity index (χ0) is 20.0. The highest BCUT2D eigenvalue weighted by atomic mass is 35.5. The lowest BCUT2D eigenvalue weighted by Gasteiger charge is -2.15. The fourth-order valence-corrected chi connectivity index (χ4v) is 2.88. The van der Waals surface area contributed by atoms with Crippen LogP contribution < -0.4 is 10.6 Å². The molecule has 2 rings (SSSR count). The van der Waals surface area contributed by atoms with Crippen LogP contribution in [0.25, 0.3) is 0 Å². The number of para-hydroxylation sites is 1. The molecule has 2 N–H and O–H groups in total. The summed E-state index contributed by atoms with van der Waals surface area (Å²) in [6.07, 6.45) is -4.54. The number of carbonyl (C=O) groups excluding carboxylic acids is 2. The van der Waals surface area contributed by atoms with Gasteiger partial charge < -0.3 is 10.6 Å². The number of halogens is 4. The fraction of sp³-hybridized carbons (Fsp3) is 0.222. The van der Waals surface area contributed by atoms with Gasteiger partial charge in [0.1, 0.15) is 0 Å². The molecule has 4 nitrogen and oxygen atoms in total. The highest BCUT2D eigenvalue weighted by Gasteiger charge is 2.31. The standard InChI is InChI=1S/C18H16ClF3N2O2S/c1-11(27-10-16(25)23-13-5-3-2-4-6-13)17(26)24-15-9-12(18(20,21)22)7-8-14(15)19/h2-9,11H,10H2,1H3,(H,23,25)(H,24,26). The molecule has 0 aliphatic rings. The summed E-state index contributed by atoms with van der Waals surface area (Å²) in [6, 6.07) is 11.5. The smallest absolute Gasteiger partial charge is 0.325 e. The normalized spacial score (nSPS) is 12.3. The first-order valence-corrected chi connectivity index (χ1v) is 9.23. The van der Waals surface area contributed by atoms with Gasteiger partial charge in [-0.25, -0.2) is 0 Å². The Labute approximate surface area is 163 Å². The number of rotatable bonds is 6. The van der Waals surface area contributed by atoms with Crippen molar-refractivity contribution in [1.82, 2.24) is 0 Å². The summed E-state index contributed by atoms with van der Waals surface area (Å²) in [5.41, 5.74) is -0.404. The lowest BCUT2D eigenvalue weighted by molar-refractivity contribution is -0.137. The van der Waals surface area contributed by atoms with Crippen LogP contribution in [0.1, 0.15) is 12.5 Å². The molecule has 9 heteroatoms. The summed E-state index contributed by atoms with van der Waals surface area (Å²) in [5, 5.41) is 4.38. The maximum absolute atomic E-state index is 12.8. The molecular formula is C18H16ClF3N2O2S. The van der Waals surface area contributed by atoms with Gasteiger partial charge in [-0.05, 0) is 37.3 Å². The van der Waals surface area contributed by atoms with E-state index in [-0.39, 0.29) is 22.4 Å². The average molecular weight is 417 g/mol. The van der Waals surface area contributed by atoms with Crippen molar-refractivity contribution in [3.63, 3.8) is 0 Å². The minimum Gasteiger partial charge on any atom is -0.325 e. The fourth-order valence-electron chi connectivity index (χ4n) is 2.03. The number of thioether (sulfide) groups is 1. The molecule has 0 aromatic heterocycles. The number of amides is 2. The average Bonchev–Trinajstić information content (AvgIpc) is 2.61. The first kappa shape index (κ1) is 21.1. The minimum absolute atomic E-state index is 0.00429. The zero-order valence-electron chi connectivity index (χ0n) is 14.1. The van der Waals surface area contributed by atoms with Crippen LogP contribution in [-0.4, -0.2) is 22.8 Å². The number of anilines is 2. The van der Waals surface area contributed by atoms with E-state index in [1.807, 2.05) is 6.07 Å². The third-order valence-electron chi connectivity index (χ3n) is 3.44. The predicted octanol–water partition coefficient (Wildman–Crippen LogP) is 5.06. The van der Waals surface area contributed by atoms with E-state index in [1.54, 1.807) is 31.2 Å². The van der Waals surface area contributed by atoms with E-state index in [1.165, 1.54) is 0 Å². The summed E-state index contributed by atoms with van der Waals surface area (Å²) in [7, 11) is 0. The molecule has 0 heterocycles. The van der Waals surface area contributed by atoms with Gasteiger partial charge in [-0.2, -0.15) is 13.2 Å². The van der Waals surface area contributed by atoms with E-state index in [0.717, 1.165) is 30.0 Å². The van der Waals surface area contributed by atoms with Gasteiger partial charge >= 0.3 is 6.18 Å². The Morgan fingerprint density at radius 2 is 1.78 bits per heavy atom. The van der Waals surface area contributed by atoms with Crippen molar-refractivity contribution in [2.24, 2.45) is 0 Å². The van der Waals surface area contributed by atoms with E-state index in [9.17, 15) is 22.8 Å². The first-order valence-electron chi connectivity index (χ1n) is 7.81. The number of benzene rings is 2. The third-order valence-corrected chi connectivity index (χ3v) is 4.92. The second kappa shape index (κ2) is 9.14.